The van der Waals surface area contributed by atoms with Crippen LogP contribution in [0.1, 0.15) is 30.5 Å². The largest absolute Gasteiger partial charge is 0.372 e. The van der Waals surface area contributed by atoms with Gasteiger partial charge in [0, 0.05) is 12.6 Å². The van der Waals surface area contributed by atoms with E-state index in [-0.39, 0.29) is 5.82 Å². The van der Waals surface area contributed by atoms with Crippen molar-refractivity contribution in [3.05, 3.63) is 58.9 Å². The Bertz CT molecular complexity index is 652. The predicted octanol–water partition coefficient (Wildman–Crippen LogP) is 4.02. The Hall–Kier alpha value is -1.71. The molecule has 3 rings (SSSR count). The molecular weight excluding hydrogens is 265 g/mol. The molecule has 0 saturated heterocycles. The molecular formula is C18H20FNO. The molecule has 21 heavy (non-hydrogen) atoms. The van der Waals surface area contributed by atoms with E-state index in [9.17, 15) is 4.39 Å². The minimum absolute atomic E-state index is 0.191. The van der Waals surface area contributed by atoms with E-state index in [4.69, 9.17) is 4.74 Å². The molecule has 1 N–H and O–H groups in total. The van der Waals surface area contributed by atoms with Crippen LogP contribution in [0.2, 0.25) is 0 Å². The second kappa shape index (κ2) is 5.96. The van der Waals surface area contributed by atoms with Crippen molar-refractivity contribution in [1.29, 1.82) is 0 Å². The Morgan fingerprint density at radius 3 is 2.71 bits per heavy atom. The van der Waals surface area contributed by atoms with Crippen LogP contribution in [0, 0.1) is 5.82 Å². The summed E-state index contributed by atoms with van der Waals surface area (Å²) in [6, 6.07) is 11.8. The van der Waals surface area contributed by atoms with E-state index in [1.165, 1.54) is 17.2 Å². The van der Waals surface area contributed by atoms with E-state index >= 15 is 0 Å². The Labute approximate surface area is 125 Å². The number of rotatable bonds is 4. The van der Waals surface area contributed by atoms with E-state index in [2.05, 4.69) is 37.4 Å². The first-order chi connectivity index (χ1) is 10.1. The Morgan fingerprint density at radius 2 is 1.90 bits per heavy atom. The van der Waals surface area contributed by atoms with Gasteiger partial charge in [-0.1, -0.05) is 32.0 Å². The van der Waals surface area contributed by atoms with Gasteiger partial charge in [0.05, 0.1) is 13.2 Å². The second-order valence-corrected chi connectivity index (χ2v) is 5.81. The first-order valence-electron chi connectivity index (χ1n) is 7.35. The molecule has 0 aliphatic carbocycles. The molecule has 1 aliphatic rings. The summed E-state index contributed by atoms with van der Waals surface area (Å²) in [5, 5.41) is 3.36. The molecule has 2 nitrogen and oxygen atoms in total. The molecule has 110 valence electrons. The van der Waals surface area contributed by atoms with Crippen molar-refractivity contribution in [3.63, 3.8) is 0 Å². The minimum atomic E-state index is -0.191. The highest BCUT2D eigenvalue weighted by molar-refractivity contribution is 5.68. The molecule has 3 heteroatoms. The summed E-state index contributed by atoms with van der Waals surface area (Å²) in [7, 11) is 0. The van der Waals surface area contributed by atoms with Gasteiger partial charge in [0.15, 0.2) is 0 Å². The lowest BCUT2D eigenvalue weighted by molar-refractivity contribution is 0.134. The average molecular weight is 285 g/mol. The number of halogens is 1. The molecule has 0 saturated carbocycles. The highest BCUT2D eigenvalue weighted by Crippen LogP contribution is 2.29. The van der Waals surface area contributed by atoms with Gasteiger partial charge in [-0.25, -0.2) is 4.39 Å². The van der Waals surface area contributed by atoms with Gasteiger partial charge in [-0.3, -0.25) is 0 Å². The van der Waals surface area contributed by atoms with Crippen molar-refractivity contribution >= 4 is 0 Å². The van der Waals surface area contributed by atoms with E-state index in [1.807, 2.05) is 6.07 Å². The first-order valence-corrected chi connectivity index (χ1v) is 7.35. The fourth-order valence-corrected chi connectivity index (χ4v) is 2.64. The van der Waals surface area contributed by atoms with Crippen LogP contribution in [0.25, 0.3) is 11.1 Å². The van der Waals surface area contributed by atoms with Crippen molar-refractivity contribution < 1.29 is 9.13 Å². The zero-order valence-corrected chi connectivity index (χ0v) is 12.4. The topological polar surface area (TPSA) is 21.3 Å². The summed E-state index contributed by atoms with van der Waals surface area (Å²) in [5.41, 5.74) is 5.68. The molecule has 0 radical (unpaired) electrons. The third kappa shape index (κ3) is 3.14. The highest BCUT2D eigenvalue weighted by Gasteiger charge is 2.14. The predicted molar refractivity (Wildman–Crippen MR) is 82.3 cm³/mol. The number of fused-ring (bicyclic) bond motifs is 1. The van der Waals surface area contributed by atoms with Crippen LogP contribution < -0.4 is 5.32 Å². The molecule has 0 aromatic heterocycles. The second-order valence-electron chi connectivity index (χ2n) is 5.81. The molecule has 1 heterocycles. The summed E-state index contributed by atoms with van der Waals surface area (Å²) in [6.07, 6.45) is 0. The molecule has 0 spiro atoms. The van der Waals surface area contributed by atoms with Gasteiger partial charge in [0.25, 0.3) is 0 Å². The minimum Gasteiger partial charge on any atom is -0.372 e. The normalized spacial score (nSPS) is 13.7. The summed E-state index contributed by atoms with van der Waals surface area (Å²) in [5.74, 6) is -0.191. The fourth-order valence-electron chi connectivity index (χ4n) is 2.64. The number of benzene rings is 2. The van der Waals surface area contributed by atoms with Crippen molar-refractivity contribution in [2.24, 2.45) is 0 Å². The van der Waals surface area contributed by atoms with E-state index in [0.717, 1.165) is 16.7 Å². The Kier molecular flexibility index (Phi) is 4.04. The zero-order chi connectivity index (χ0) is 14.8. The van der Waals surface area contributed by atoms with E-state index < -0.39 is 0 Å². The highest BCUT2D eigenvalue weighted by atomic mass is 19.1. The molecule has 0 atom stereocenters. The lowest BCUT2D eigenvalue weighted by Gasteiger charge is -2.14. The van der Waals surface area contributed by atoms with Crippen molar-refractivity contribution in [2.75, 3.05) is 0 Å². The van der Waals surface area contributed by atoms with Gasteiger partial charge >= 0.3 is 0 Å². The SMILES string of the molecule is CC(C)NCc1cc(F)ccc1-c1ccc2c(c1)COC2. The van der Waals surface area contributed by atoms with Gasteiger partial charge in [-0.05, 0) is 46.0 Å². The van der Waals surface area contributed by atoms with Crippen LogP contribution in [-0.2, 0) is 24.5 Å². The molecule has 0 fully saturated rings. The summed E-state index contributed by atoms with van der Waals surface area (Å²) in [6.45, 7) is 6.21. The van der Waals surface area contributed by atoms with Crippen molar-refractivity contribution in [3.8, 4) is 11.1 Å². The van der Waals surface area contributed by atoms with Crippen LogP contribution >= 0.6 is 0 Å². The third-order valence-corrected chi connectivity index (χ3v) is 3.80. The van der Waals surface area contributed by atoms with Gasteiger partial charge in [-0.2, -0.15) is 0 Å². The van der Waals surface area contributed by atoms with Crippen LogP contribution in [0.4, 0.5) is 4.39 Å². The quantitative estimate of drug-likeness (QED) is 0.916. The molecule has 2 aromatic rings. The third-order valence-electron chi connectivity index (χ3n) is 3.80. The number of hydrogen-bond acceptors (Lipinski definition) is 2. The fraction of sp³-hybridized carbons (Fsp3) is 0.333. The first kappa shape index (κ1) is 14.2. The standard InChI is InChI=1S/C18H20FNO/c1-12(2)20-9-15-8-17(19)5-6-18(15)13-3-4-14-10-21-11-16(14)7-13/h3-8,12,20H,9-11H2,1-2H3. The van der Waals surface area contributed by atoms with Gasteiger partial charge in [0.1, 0.15) is 5.82 Å². The summed E-state index contributed by atoms with van der Waals surface area (Å²) < 4.78 is 19.0. The maximum Gasteiger partial charge on any atom is 0.123 e. The Balaban J connectivity index is 1.97. The summed E-state index contributed by atoms with van der Waals surface area (Å²) >= 11 is 0. The van der Waals surface area contributed by atoms with Crippen LogP contribution in [0.15, 0.2) is 36.4 Å². The maximum atomic E-state index is 13.6. The molecule has 0 unspecified atom stereocenters. The van der Waals surface area contributed by atoms with Crippen molar-refractivity contribution in [2.45, 2.75) is 39.6 Å². The molecule has 0 amide bonds. The number of nitrogens with one attached hydrogen (secondary N) is 1. The monoisotopic (exact) mass is 285 g/mol. The zero-order valence-electron chi connectivity index (χ0n) is 12.4. The molecule has 1 aliphatic heterocycles. The van der Waals surface area contributed by atoms with Crippen molar-refractivity contribution in [1.82, 2.24) is 5.32 Å². The van der Waals surface area contributed by atoms with E-state index in [1.54, 1.807) is 6.07 Å². The maximum absolute atomic E-state index is 13.6. The van der Waals surface area contributed by atoms with Crippen LogP contribution in [0.5, 0.6) is 0 Å². The molecule has 2 aromatic carbocycles. The van der Waals surface area contributed by atoms with E-state index in [0.29, 0.717) is 25.8 Å². The molecule has 0 bridgehead atoms. The van der Waals surface area contributed by atoms with Gasteiger partial charge < -0.3 is 10.1 Å². The lowest BCUT2D eigenvalue weighted by atomic mass is 9.96. The number of ether oxygens (including phenoxy) is 1. The summed E-state index contributed by atoms with van der Waals surface area (Å²) in [4.78, 5) is 0. The average Bonchev–Trinajstić information content (AvgIpc) is 2.92. The Morgan fingerprint density at radius 1 is 1.10 bits per heavy atom. The van der Waals surface area contributed by atoms with Gasteiger partial charge in [-0.15, -0.1) is 0 Å². The van der Waals surface area contributed by atoms with Gasteiger partial charge in [0.2, 0.25) is 0 Å². The van der Waals surface area contributed by atoms with Crippen LogP contribution in [0.3, 0.4) is 0 Å². The van der Waals surface area contributed by atoms with Crippen LogP contribution in [-0.4, -0.2) is 6.04 Å². The number of hydrogen-bond donors (Lipinski definition) is 1. The lowest BCUT2D eigenvalue weighted by Crippen LogP contribution is -2.22. The smallest absolute Gasteiger partial charge is 0.123 e.